The first-order chi connectivity index (χ1) is 12.0. The molecular weight excluding hydrogens is 349 g/mol. The van der Waals surface area contributed by atoms with E-state index in [1.807, 2.05) is 29.2 Å². The molecule has 0 aliphatic carbocycles. The smallest absolute Gasteiger partial charge is 0.475 e. The lowest BCUT2D eigenvalue weighted by molar-refractivity contribution is -0.192. The van der Waals surface area contributed by atoms with Crippen molar-refractivity contribution in [2.24, 2.45) is 11.7 Å². The predicted octanol–water partition coefficient (Wildman–Crippen LogP) is 3.14. The van der Waals surface area contributed by atoms with Crippen LogP contribution in [0.15, 0.2) is 36.4 Å². The van der Waals surface area contributed by atoms with E-state index in [0.29, 0.717) is 5.92 Å². The standard InChI is InChI=1S/C16H22N2O.C2HF3O2/c1-12(2)11-14(17)7-8-16(19)18-10-9-13-5-3-4-6-15(13)18;3-2(4,5)1(6)7/h3-8,12,14H,9-11,17H2,1-2H3;(H,6,7). The zero-order valence-electron chi connectivity index (χ0n) is 14.7. The number of fused-ring (bicyclic) bond motifs is 1. The molecule has 3 N–H and O–H groups in total. The van der Waals surface area contributed by atoms with Crippen molar-refractivity contribution in [3.05, 3.63) is 42.0 Å². The fourth-order valence-electron chi connectivity index (χ4n) is 2.49. The van der Waals surface area contributed by atoms with Gasteiger partial charge in [-0.1, -0.05) is 38.1 Å². The number of carbonyl (C=O) groups is 2. The van der Waals surface area contributed by atoms with Gasteiger partial charge in [0.25, 0.3) is 5.91 Å². The van der Waals surface area contributed by atoms with E-state index in [-0.39, 0.29) is 11.9 Å². The van der Waals surface area contributed by atoms with Crippen LogP contribution in [0, 0.1) is 5.92 Å². The highest BCUT2D eigenvalue weighted by molar-refractivity contribution is 6.02. The van der Waals surface area contributed by atoms with Gasteiger partial charge < -0.3 is 15.7 Å². The van der Waals surface area contributed by atoms with E-state index in [4.69, 9.17) is 15.6 Å². The van der Waals surface area contributed by atoms with Gasteiger partial charge in [0.1, 0.15) is 0 Å². The maximum absolute atomic E-state index is 12.2. The molecule has 1 atom stereocenters. The van der Waals surface area contributed by atoms with Gasteiger partial charge in [-0.25, -0.2) is 4.79 Å². The number of carbonyl (C=O) groups excluding carboxylic acids is 1. The average molecular weight is 372 g/mol. The number of aliphatic carboxylic acids is 1. The summed E-state index contributed by atoms with van der Waals surface area (Å²) in [5.41, 5.74) is 8.24. The van der Waals surface area contributed by atoms with E-state index in [1.165, 1.54) is 5.56 Å². The van der Waals surface area contributed by atoms with Gasteiger partial charge in [-0.3, -0.25) is 4.79 Å². The minimum Gasteiger partial charge on any atom is -0.475 e. The van der Waals surface area contributed by atoms with Crippen LogP contribution in [0.1, 0.15) is 25.8 Å². The third kappa shape index (κ3) is 6.87. The molecule has 1 heterocycles. The van der Waals surface area contributed by atoms with Crippen LogP contribution in [0.5, 0.6) is 0 Å². The Hall–Kier alpha value is -2.35. The van der Waals surface area contributed by atoms with Gasteiger partial charge in [-0.15, -0.1) is 0 Å². The van der Waals surface area contributed by atoms with Crippen LogP contribution in [0.2, 0.25) is 0 Å². The molecule has 144 valence electrons. The molecule has 1 aromatic rings. The zero-order valence-corrected chi connectivity index (χ0v) is 14.7. The molecular formula is C18H23F3N2O3. The molecule has 2 rings (SSSR count). The molecule has 8 heteroatoms. The fraction of sp³-hybridized carbons (Fsp3) is 0.444. The Morgan fingerprint density at radius 2 is 1.88 bits per heavy atom. The molecule has 1 unspecified atom stereocenters. The fourth-order valence-corrected chi connectivity index (χ4v) is 2.49. The number of hydrogen-bond acceptors (Lipinski definition) is 3. The summed E-state index contributed by atoms with van der Waals surface area (Å²) >= 11 is 0. The van der Waals surface area contributed by atoms with Gasteiger partial charge >= 0.3 is 12.1 Å². The van der Waals surface area contributed by atoms with Crippen molar-refractivity contribution in [3.8, 4) is 0 Å². The van der Waals surface area contributed by atoms with Crippen LogP contribution in [-0.2, 0) is 16.0 Å². The zero-order chi connectivity index (χ0) is 19.9. The number of carboxylic acids is 1. The second-order valence-corrected chi connectivity index (χ2v) is 6.32. The lowest BCUT2D eigenvalue weighted by Crippen LogP contribution is -2.28. The summed E-state index contributed by atoms with van der Waals surface area (Å²) < 4.78 is 31.7. The monoisotopic (exact) mass is 372 g/mol. The Labute approximate surface area is 150 Å². The molecule has 0 radical (unpaired) electrons. The van der Waals surface area contributed by atoms with Crippen LogP contribution in [0.3, 0.4) is 0 Å². The third-order valence-electron chi connectivity index (χ3n) is 3.63. The minimum atomic E-state index is -5.08. The third-order valence-corrected chi connectivity index (χ3v) is 3.63. The molecule has 0 spiro atoms. The highest BCUT2D eigenvalue weighted by atomic mass is 19.4. The first-order valence-electron chi connectivity index (χ1n) is 8.15. The molecule has 1 amide bonds. The normalized spacial score (nSPS) is 14.8. The van der Waals surface area contributed by atoms with Crippen LogP contribution >= 0.6 is 0 Å². The summed E-state index contributed by atoms with van der Waals surface area (Å²) in [5.74, 6) is -2.18. The molecule has 1 aromatic carbocycles. The summed E-state index contributed by atoms with van der Waals surface area (Å²) in [6, 6.07) is 8.03. The maximum Gasteiger partial charge on any atom is 0.490 e. The molecule has 0 aromatic heterocycles. The van der Waals surface area contributed by atoms with E-state index in [9.17, 15) is 18.0 Å². The SMILES string of the molecule is CC(C)CC(N)C=CC(=O)N1CCc2ccccc21.O=C(O)C(F)(F)F. The number of nitrogens with zero attached hydrogens (tertiary/aromatic N) is 1. The van der Waals surface area contributed by atoms with Crippen molar-refractivity contribution in [1.29, 1.82) is 0 Å². The number of benzene rings is 1. The summed E-state index contributed by atoms with van der Waals surface area (Å²) in [6.45, 7) is 5.03. The van der Waals surface area contributed by atoms with Gasteiger partial charge in [-0.2, -0.15) is 13.2 Å². The van der Waals surface area contributed by atoms with Crippen molar-refractivity contribution in [2.75, 3.05) is 11.4 Å². The van der Waals surface area contributed by atoms with Crippen molar-refractivity contribution < 1.29 is 27.9 Å². The van der Waals surface area contributed by atoms with Crippen LogP contribution in [-0.4, -0.2) is 35.7 Å². The number of para-hydroxylation sites is 1. The summed E-state index contributed by atoms with van der Waals surface area (Å²) in [5, 5.41) is 7.12. The number of amides is 1. The van der Waals surface area contributed by atoms with E-state index >= 15 is 0 Å². The highest BCUT2D eigenvalue weighted by Gasteiger charge is 2.38. The first kappa shape index (κ1) is 21.7. The lowest BCUT2D eigenvalue weighted by Gasteiger charge is -2.15. The van der Waals surface area contributed by atoms with Crippen LogP contribution in [0.4, 0.5) is 18.9 Å². The number of carboxylic acid groups (broad SMARTS) is 1. The quantitative estimate of drug-likeness (QED) is 0.796. The Kier molecular flexibility index (Phi) is 7.82. The largest absolute Gasteiger partial charge is 0.490 e. The van der Waals surface area contributed by atoms with Gasteiger partial charge in [0.2, 0.25) is 0 Å². The Bertz CT molecular complexity index is 657. The van der Waals surface area contributed by atoms with Crippen molar-refractivity contribution in [2.45, 2.75) is 38.9 Å². The molecule has 5 nitrogen and oxygen atoms in total. The highest BCUT2D eigenvalue weighted by Crippen LogP contribution is 2.27. The number of halogens is 3. The molecule has 1 aliphatic rings. The molecule has 0 saturated heterocycles. The Morgan fingerprint density at radius 3 is 2.42 bits per heavy atom. The number of alkyl halides is 3. The molecule has 26 heavy (non-hydrogen) atoms. The summed E-state index contributed by atoms with van der Waals surface area (Å²) in [4.78, 5) is 22.9. The van der Waals surface area contributed by atoms with Crippen LogP contribution < -0.4 is 10.6 Å². The topological polar surface area (TPSA) is 83.6 Å². The second kappa shape index (κ2) is 9.38. The Balaban J connectivity index is 0.000000412. The van der Waals surface area contributed by atoms with Gasteiger partial charge in [0.15, 0.2) is 0 Å². The maximum atomic E-state index is 12.2. The number of nitrogens with two attached hydrogens (primary N) is 1. The van der Waals surface area contributed by atoms with Crippen LogP contribution in [0.25, 0.3) is 0 Å². The summed E-state index contributed by atoms with van der Waals surface area (Å²) in [7, 11) is 0. The van der Waals surface area contributed by atoms with E-state index < -0.39 is 12.1 Å². The molecule has 0 saturated carbocycles. The Morgan fingerprint density at radius 1 is 1.31 bits per heavy atom. The van der Waals surface area contributed by atoms with E-state index in [0.717, 1.165) is 25.1 Å². The predicted molar refractivity (Wildman–Crippen MR) is 92.8 cm³/mol. The van der Waals surface area contributed by atoms with Gasteiger partial charge in [0.05, 0.1) is 0 Å². The second-order valence-electron chi connectivity index (χ2n) is 6.32. The van der Waals surface area contributed by atoms with Crippen molar-refractivity contribution in [1.82, 2.24) is 0 Å². The van der Waals surface area contributed by atoms with Crippen molar-refractivity contribution in [3.63, 3.8) is 0 Å². The van der Waals surface area contributed by atoms with Gasteiger partial charge in [-0.05, 0) is 30.4 Å². The van der Waals surface area contributed by atoms with Gasteiger partial charge in [0, 0.05) is 24.4 Å². The number of anilines is 1. The number of rotatable bonds is 4. The van der Waals surface area contributed by atoms with Crippen molar-refractivity contribution >= 4 is 17.6 Å². The first-order valence-corrected chi connectivity index (χ1v) is 8.15. The molecule has 0 bridgehead atoms. The molecule has 0 fully saturated rings. The number of hydrogen-bond donors (Lipinski definition) is 2. The van der Waals surface area contributed by atoms with E-state index in [1.54, 1.807) is 6.08 Å². The lowest BCUT2D eigenvalue weighted by atomic mass is 10.0. The minimum absolute atomic E-state index is 0.0316. The van der Waals surface area contributed by atoms with E-state index in [2.05, 4.69) is 19.9 Å². The molecule has 1 aliphatic heterocycles. The average Bonchev–Trinajstić information content (AvgIpc) is 2.95. The summed E-state index contributed by atoms with van der Waals surface area (Å²) in [6.07, 6.45) is 0.201.